The second-order valence-corrected chi connectivity index (χ2v) is 3.83. The smallest absolute Gasteiger partial charge is 0.161 e. The lowest BCUT2D eigenvalue weighted by atomic mass is 10.4. The molecule has 82 valence electrons. The molecule has 2 aromatic heterocycles. The third-order valence-electron chi connectivity index (χ3n) is 2.58. The molecule has 0 saturated heterocycles. The quantitative estimate of drug-likeness (QED) is 0.828. The second-order valence-electron chi connectivity index (χ2n) is 3.83. The fraction of sp³-hybridized carbons (Fsp3) is 0.400. The number of nitrogens with one attached hydrogen (secondary N) is 1. The SMILES string of the molecule is CNc1cc(-n2cncn2)nc(C2CC2)n1. The Kier molecular flexibility index (Phi) is 2.05. The third kappa shape index (κ3) is 1.62. The van der Waals surface area contributed by atoms with Gasteiger partial charge in [-0.2, -0.15) is 5.10 Å². The highest BCUT2D eigenvalue weighted by atomic mass is 15.3. The largest absolute Gasteiger partial charge is 0.373 e. The Morgan fingerprint density at radius 1 is 1.38 bits per heavy atom. The fourth-order valence-corrected chi connectivity index (χ4v) is 1.55. The van der Waals surface area contributed by atoms with E-state index >= 15 is 0 Å². The zero-order chi connectivity index (χ0) is 11.0. The van der Waals surface area contributed by atoms with Gasteiger partial charge in [-0.3, -0.25) is 0 Å². The summed E-state index contributed by atoms with van der Waals surface area (Å²) < 4.78 is 1.65. The van der Waals surface area contributed by atoms with E-state index in [1.54, 1.807) is 11.0 Å². The van der Waals surface area contributed by atoms with Crippen molar-refractivity contribution in [3.63, 3.8) is 0 Å². The molecule has 1 saturated carbocycles. The van der Waals surface area contributed by atoms with Crippen molar-refractivity contribution in [3.8, 4) is 5.82 Å². The van der Waals surface area contributed by atoms with Crippen LogP contribution in [0.5, 0.6) is 0 Å². The highest BCUT2D eigenvalue weighted by Gasteiger charge is 2.27. The number of nitrogens with zero attached hydrogens (tertiary/aromatic N) is 5. The Morgan fingerprint density at radius 2 is 2.25 bits per heavy atom. The zero-order valence-corrected chi connectivity index (χ0v) is 8.96. The molecule has 1 fully saturated rings. The molecular weight excluding hydrogens is 204 g/mol. The molecule has 16 heavy (non-hydrogen) atoms. The monoisotopic (exact) mass is 216 g/mol. The molecule has 3 rings (SSSR count). The van der Waals surface area contributed by atoms with Gasteiger partial charge in [-0.15, -0.1) is 0 Å². The summed E-state index contributed by atoms with van der Waals surface area (Å²) in [5.41, 5.74) is 0. The van der Waals surface area contributed by atoms with Crippen molar-refractivity contribution in [1.29, 1.82) is 0 Å². The normalized spacial score (nSPS) is 15.1. The Hall–Kier alpha value is -1.98. The molecule has 0 unspecified atom stereocenters. The highest BCUT2D eigenvalue weighted by molar-refractivity contribution is 5.41. The van der Waals surface area contributed by atoms with E-state index in [4.69, 9.17) is 0 Å². The molecule has 0 spiro atoms. The van der Waals surface area contributed by atoms with E-state index in [0.29, 0.717) is 5.92 Å². The first-order chi connectivity index (χ1) is 7.86. The first-order valence-electron chi connectivity index (χ1n) is 5.28. The van der Waals surface area contributed by atoms with Crippen molar-refractivity contribution in [1.82, 2.24) is 24.7 Å². The summed E-state index contributed by atoms with van der Waals surface area (Å²) in [4.78, 5) is 12.9. The van der Waals surface area contributed by atoms with Gasteiger partial charge in [-0.25, -0.2) is 19.6 Å². The summed E-state index contributed by atoms with van der Waals surface area (Å²) in [5, 5.41) is 7.11. The summed E-state index contributed by atoms with van der Waals surface area (Å²) in [6.45, 7) is 0. The molecule has 1 aliphatic carbocycles. The lowest BCUT2D eigenvalue weighted by Crippen LogP contribution is -2.05. The van der Waals surface area contributed by atoms with Crippen LogP contribution in [0, 0.1) is 0 Å². The van der Waals surface area contributed by atoms with E-state index in [1.807, 2.05) is 13.1 Å². The van der Waals surface area contributed by atoms with Crippen molar-refractivity contribution < 1.29 is 0 Å². The highest BCUT2D eigenvalue weighted by Crippen LogP contribution is 2.38. The fourth-order valence-electron chi connectivity index (χ4n) is 1.55. The predicted octanol–water partition coefficient (Wildman–Crippen LogP) is 0.976. The van der Waals surface area contributed by atoms with Crippen LogP contribution in [0.1, 0.15) is 24.6 Å². The lowest BCUT2D eigenvalue weighted by Gasteiger charge is -2.06. The van der Waals surface area contributed by atoms with E-state index in [1.165, 1.54) is 19.2 Å². The van der Waals surface area contributed by atoms with Gasteiger partial charge in [0.2, 0.25) is 0 Å². The van der Waals surface area contributed by atoms with E-state index in [9.17, 15) is 0 Å². The summed E-state index contributed by atoms with van der Waals surface area (Å²) in [6.07, 6.45) is 5.50. The van der Waals surface area contributed by atoms with Gasteiger partial charge < -0.3 is 5.32 Å². The maximum atomic E-state index is 4.50. The van der Waals surface area contributed by atoms with Gasteiger partial charge in [-0.1, -0.05) is 0 Å². The zero-order valence-electron chi connectivity index (χ0n) is 8.96. The Labute approximate surface area is 92.8 Å². The molecule has 1 aliphatic rings. The predicted molar refractivity (Wildman–Crippen MR) is 58.5 cm³/mol. The number of hydrogen-bond donors (Lipinski definition) is 1. The first-order valence-corrected chi connectivity index (χ1v) is 5.28. The molecule has 1 N–H and O–H groups in total. The van der Waals surface area contributed by atoms with Crippen LogP contribution >= 0.6 is 0 Å². The van der Waals surface area contributed by atoms with Gasteiger partial charge >= 0.3 is 0 Å². The molecule has 0 aromatic carbocycles. The van der Waals surface area contributed by atoms with Gasteiger partial charge in [0, 0.05) is 19.0 Å². The summed E-state index contributed by atoms with van der Waals surface area (Å²) >= 11 is 0. The molecule has 6 nitrogen and oxygen atoms in total. The standard InChI is InChI=1S/C10H12N6/c1-11-8-4-9(16-6-12-5-13-16)15-10(14-8)7-2-3-7/h4-7H,2-3H2,1H3,(H,11,14,15). The minimum absolute atomic E-state index is 0.524. The van der Waals surface area contributed by atoms with Crippen molar-refractivity contribution in [3.05, 3.63) is 24.5 Å². The average molecular weight is 216 g/mol. The first kappa shape index (κ1) is 9.26. The second kappa shape index (κ2) is 3.55. The van der Waals surface area contributed by atoms with Crippen LogP contribution in [0.25, 0.3) is 5.82 Å². The van der Waals surface area contributed by atoms with E-state index in [0.717, 1.165) is 17.5 Å². The van der Waals surface area contributed by atoms with Crippen molar-refractivity contribution in [2.45, 2.75) is 18.8 Å². The number of rotatable bonds is 3. The molecule has 2 heterocycles. The van der Waals surface area contributed by atoms with Crippen LogP contribution in [0.2, 0.25) is 0 Å². The van der Waals surface area contributed by atoms with E-state index in [2.05, 4.69) is 25.4 Å². The van der Waals surface area contributed by atoms with Crippen molar-refractivity contribution >= 4 is 5.82 Å². The molecule has 0 atom stereocenters. The van der Waals surface area contributed by atoms with Crippen LogP contribution in [0.3, 0.4) is 0 Å². The Morgan fingerprint density at radius 3 is 2.88 bits per heavy atom. The van der Waals surface area contributed by atoms with Gasteiger partial charge in [0.1, 0.15) is 24.3 Å². The third-order valence-corrected chi connectivity index (χ3v) is 2.58. The lowest BCUT2D eigenvalue weighted by molar-refractivity contribution is 0.810. The molecule has 0 bridgehead atoms. The van der Waals surface area contributed by atoms with Crippen molar-refractivity contribution in [2.24, 2.45) is 0 Å². The van der Waals surface area contributed by atoms with Gasteiger partial charge in [-0.05, 0) is 12.8 Å². The minimum Gasteiger partial charge on any atom is -0.373 e. The minimum atomic E-state index is 0.524. The van der Waals surface area contributed by atoms with E-state index in [-0.39, 0.29) is 0 Å². The molecule has 0 radical (unpaired) electrons. The number of anilines is 1. The summed E-state index contributed by atoms with van der Waals surface area (Å²) in [5.74, 6) is 3.01. The van der Waals surface area contributed by atoms with Crippen LogP contribution in [-0.4, -0.2) is 31.8 Å². The number of hydrogen-bond acceptors (Lipinski definition) is 5. The van der Waals surface area contributed by atoms with Crippen LogP contribution in [0.15, 0.2) is 18.7 Å². The molecule has 2 aromatic rings. The van der Waals surface area contributed by atoms with Gasteiger partial charge in [0.05, 0.1) is 0 Å². The van der Waals surface area contributed by atoms with Crippen LogP contribution in [-0.2, 0) is 0 Å². The van der Waals surface area contributed by atoms with Crippen LogP contribution in [0.4, 0.5) is 5.82 Å². The van der Waals surface area contributed by atoms with Gasteiger partial charge in [0.15, 0.2) is 5.82 Å². The topological polar surface area (TPSA) is 68.5 Å². The summed E-state index contributed by atoms with van der Waals surface area (Å²) in [6, 6.07) is 1.86. The number of aromatic nitrogens is 5. The van der Waals surface area contributed by atoms with Crippen LogP contribution < -0.4 is 5.32 Å². The maximum absolute atomic E-state index is 4.50. The van der Waals surface area contributed by atoms with Crippen molar-refractivity contribution in [2.75, 3.05) is 12.4 Å². The maximum Gasteiger partial charge on any atom is 0.161 e. The molecule has 0 aliphatic heterocycles. The van der Waals surface area contributed by atoms with E-state index < -0.39 is 0 Å². The Bertz CT molecular complexity index is 488. The average Bonchev–Trinajstić information content (AvgIpc) is 3.04. The molecule has 6 heteroatoms. The van der Waals surface area contributed by atoms with Gasteiger partial charge in [0.25, 0.3) is 0 Å². The molecular formula is C10H12N6. The molecule has 0 amide bonds. The summed E-state index contributed by atoms with van der Waals surface area (Å²) in [7, 11) is 1.85. The Balaban J connectivity index is 2.06.